The molecule has 5 heteroatoms. The zero-order chi connectivity index (χ0) is 9.97. The Kier molecular flexibility index (Phi) is 2.88. The van der Waals surface area contributed by atoms with E-state index in [1.54, 1.807) is 0 Å². The summed E-state index contributed by atoms with van der Waals surface area (Å²) in [6.45, 7) is 1.08. The maximum absolute atomic E-state index is 5.99. The van der Waals surface area contributed by atoms with Crippen LogP contribution in [0.3, 0.4) is 0 Å². The summed E-state index contributed by atoms with van der Waals surface area (Å²) in [5, 5.41) is 0.614. The summed E-state index contributed by atoms with van der Waals surface area (Å²) >= 11 is 5.99. The highest BCUT2D eigenvalue weighted by Gasteiger charge is 2.13. The van der Waals surface area contributed by atoms with Gasteiger partial charge in [-0.25, -0.2) is 5.90 Å². The molecule has 14 heavy (non-hydrogen) atoms. The van der Waals surface area contributed by atoms with E-state index in [9.17, 15) is 0 Å². The molecule has 0 saturated carbocycles. The molecule has 0 amide bonds. The van der Waals surface area contributed by atoms with Gasteiger partial charge in [-0.3, -0.25) is 4.84 Å². The maximum Gasteiger partial charge on any atom is 0.189 e. The van der Waals surface area contributed by atoms with Gasteiger partial charge in [0.15, 0.2) is 6.79 Å². The van der Waals surface area contributed by atoms with Gasteiger partial charge >= 0.3 is 0 Å². The van der Waals surface area contributed by atoms with Crippen LogP contribution in [0.15, 0.2) is 12.1 Å². The topological polar surface area (TPSA) is 53.7 Å². The third kappa shape index (κ3) is 1.83. The second-order valence-corrected chi connectivity index (χ2v) is 3.38. The molecule has 0 bridgehead atoms. The molecule has 0 aromatic heterocycles. The second-order valence-electron chi connectivity index (χ2n) is 2.97. The molecule has 0 unspecified atom stereocenters. The molecule has 1 aliphatic heterocycles. The molecule has 1 aromatic rings. The third-order valence-electron chi connectivity index (χ3n) is 2.02. The fraction of sp³-hybridized carbons (Fsp3) is 0.333. The van der Waals surface area contributed by atoms with Crippen LogP contribution < -0.4 is 10.6 Å². The van der Waals surface area contributed by atoms with Gasteiger partial charge in [0, 0.05) is 16.1 Å². The number of halogens is 1. The molecule has 0 radical (unpaired) electrons. The Morgan fingerprint density at radius 2 is 2.36 bits per heavy atom. The summed E-state index contributed by atoms with van der Waals surface area (Å²) in [5.74, 6) is 5.77. The summed E-state index contributed by atoms with van der Waals surface area (Å²) < 4.78 is 10.4. The van der Waals surface area contributed by atoms with E-state index in [4.69, 9.17) is 27.0 Å². The van der Waals surface area contributed by atoms with Gasteiger partial charge in [-0.1, -0.05) is 11.6 Å². The number of ether oxygens (including phenoxy) is 2. The highest BCUT2D eigenvalue weighted by atomic mass is 35.5. The molecule has 0 saturated heterocycles. The SMILES string of the molecule is NOCc1cc2c(cc1Cl)COCO2. The first kappa shape index (κ1) is 9.73. The highest BCUT2D eigenvalue weighted by Crippen LogP contribution is 2.30. The van der Waals surface area contributed by atoms with Crippen LogP contribution in [0.1, 0.15) is 11.1 Å². The van der Waals surface area contributed by atoms with E-state index in [0.717, 1.165) is 16.9 Å². The summed E-state index contributed by atoms with van der Waals surface area (Å²) in [6.07, 6.45) is 0. The lowest BCUT2D eigenvalue weighted by Gasteiger charge is -2.18. The van der Waals surface area contributed by atoms with Crippen molar-refractivity contribution in [3.05, 3.63) is 28.3 Å². The fourth-order valence-electron chi connectivity index (χ4n) is 1.34. The van der Waals surface area contributed by atoms with Crippen molar-refractivity contribution < 1.29 is 14.3 Å². The maximum atomic E-state index is 5.99. The van der Waals surface area contributed by atoms with E-state index in [1.807, 2.05) is 12.1 Å². The number of benzene rings is 1. The van der Waals surface area contributed by atoms with Crippen molar-refractivity contribution in [3.8, 4) is 5.75 Å². The minimum Gasteiger partial charge on any atom is -0.467 e. The van der Waals surface area contributed by atoms with E-state index in [1.165, 1.54) is 0 Å². The Bertz CT molecular complexity index is 343. The van der Waals surface area contributed by atoms with Crippen LogP contribution in [0, 0.1) is 0 Å². The summed E-state index contributed by atoms with van der Waals surface area (Å²) in [4.78, 5) is 4.53. The van der Waals surface area contributed by atoms with Crippen LogP contribution in [0.5, 0.6) is 5.75 Å². The highest BCUT2D eigenvalue weighted by molar-refractivity contribution is 6.31. The van der Waals surface area contributed by atoms with Crippen molar-refractivity contribution in [3.63, 3.8) is 0 Å². The monoisotopic (exact) mass is 215 g/mol. The molecular formula is C9H10ClNO3. The zero-order valence-electron chi connectivity index (χ0n) is 7.46. The van der Waals surface area contributed by atoms with Gasteiger partial charge < -0.3 is 9.47 Å². The second kappa shape index (κ2) is 4.14. The van der Waals surface area contributed by atoms with E-state index in [2.05, 4.69) is 4.84 Å². The Balaban J connectivity index is 2.35. The lowest BCUT2D eigenvalue weighted by atomic mass is 10.1. The van der Waals surface area contributed by atoms with Crippen LogP contribution in [0.4, 0.5) is 0 Å². The van der Waals surface area contributed by atoms with Gasteiger partial charge in [-0.15, -0.1) is 0 Å². The molecule has 1 aromatic carbocycles. The molecule has 2 rings (SSSR count). The van der Waals surface area contributed by atoms with Crippen molar-refractivity contribution in [2.24, 2.45) is 5.90 Å². The molecule has 1 heterocycles. The van der Waals surface area contributed by atoms with Crippen molar-refractivity contribution in [2.45, 2.75) is 13.2 Å². The van der Waals surface area contributed by atoms with Gasteiger partial charge in [0.1, 0.15) is 5.75 Å². The van der Waals surface area contributed by atoms with E-state index >= 15 is 0 Å². The molecule has 1 aliphatic rings. The Hall–Kier alpha value is -0.810. The number of nitrogens with two attached hydrogens (primary N) is 1. The summed E-state index contributed by atoms with van der Waals surface area (Å²) in [7, 11) is 0. The lowest BCUT2D eigenvalue weighted by Crippen LogP contribution is -2.12. The first-order chi connectivity index (χ1) is 6.81. The van der Waals surface area contributed by atoms with Crippen LogP contribution in [-0.4, -0.2) is 6.79 Å². The van der Waals surface area contributed by atoms with Crippen LogP contribution in [0.2, 0.25) is 5.02 Å². The Morgan fingerprint density at radius 1 is 1.50 bits per heavy atom. The molecular weight excluding hydrogens is 206 g/mol. The molecule has 0 fully saturated rings. The average molecular weight is 216 g/mol. The number of hydrogen-bond donors (Lipinski definition) is 1. The van der Waals surface area contributed by atoms with E-state index < -0.39 is 0 Å². The quantitative estimate of drug-likeness (QED) is 0.762. The van der Waals surface area contributed by atoms with Gasteiger partial charge in [0.2, 0.25) is 0 Å². The molecule has 0 aliphatic carbocycles. The molecule has 4 nitrogen and oxygen atoms in total. The van der Waals surface area contributed by atoms with Gasteiger partial charge in [0.05, 0.1) is 13.2 Å². The summed E-state index contributed by atoms with van der Waals surface area (Å²) in [6, 6.07) is 3.64. The number of fused-ring (bicyclic) bond motifs is 1. The fourth-order valence-corrected chi connectivity index (χ4v) is 1.58. The minimum atomic E-state index is 0.274. The van der Waals surface area contributed by atoms with Crippen LogP contribution >= 0.6 is 11.6 Å². The van der Waals surface area contributed by atoms with Crippen LogP contribution in [-0.2, 0) is 22.8 Å². The molecule has 0 spiro atoms. The predicted molar refractivity (Wildman–Crippen MR) is 50.7 cm³/mol. The van der Waals surface area contributed by atoms with Crippen molar-refractivity contribution in [2.75, 3.05) is 6.79 Å². The van der Waals surface area contributed by atoms with Crippen molar-refractivity contribution in [1.29, 1.82) is 0 Å². The zero-order valence-corrected chi connectivity index (χ0v) is 8.21. The Labute approximate surface area is 86.5 Å². The minimum absolute atomic E-state index is 0.274. The Morgan fingerprint density at radius 3 is 3.14 bits per heavy atom. The molecule has 0 atom stereocenters. The smallest absolute Gasteiger partial charge is 0.189 e. The van der Waals surface area contributed by atoms with Gasteiger partial charge in [0.25, 0.3) is 0 Å². The molecule has 2 N–H and O–H groups in total. The third-order valence-corrected chi connectivity index (χ3v) is 2.38. The van der Waals surface area contributed by atoms with E-state index in [0.29, 0.717) is 11.6 Å². The molecule has 76 valence electrons. The average Bonchev–Trinajstić information content (AvgIpc) is 2.19. The van der Waals surface area contributed by atoms with Crippen molar-refractivity contribution in [1.82, 2.24) is 0 Å². The predicted octanol–water partition coefficient (Wildman–Crippen LogP) is 1.60. The first-order valence-electron chi connectivity index (χ1n) is 4.15. The number of hydrogen-bond acceptors (Lipinski definition) is 4. The van der Waals surface area contributed by atoms with Crippen molar-refractivity contribution >= 4 is 11.6 Å². The first-order valence-corrected chi connectivity index (χ1v) is 4.52. The normalized spacial score (nSPS) is 14.7. The standard InChI is InChI=1S/C9H10ClNO3/c10-8-1-7-3-12-5-13-9(7)2-6(8)4-14-11/h1-2H,3-5,11H2. The van der Waals surface area contributed by atoms with Gasteiger partial charge in [-0.2, -0.15) is 0 Å². The van der Waals surface area contributed by atoms with Gasteiger partial charge in [-0.05, 0) is 12.1 Å². The van der Waals surface area contributed by atoms with E-state index in [-0.39, 0.29) is 13.4 Å². The number of rotatable bonds is 2. The lowest BCUT2D eigenvalue weighted by molar-refractivity contribution is -0.0165. The summed E-state index contributed by atoms with van der Waals surface area (Å²) in [5.41, 5.74) is 1.76. The largest absolute Gasteiger partial charge is 0.467 e. The van der Waals surface area contributed by atoms with Crippen LogP contribution in [0.25, 0.3) is 0 Å².